The number of para-hydroxylation sites is 1. The Bertz CT molecular complexity index is 930. The summed E-state index contributed by atoms with van der Waals surface area (Å²) in [5.74, 6) is 0.743. The van der Waals surface area contributed by atoms with E-state index in [2.05, 4.69) is 69.3 Å². The standard InChI is InChI=1S/C28H36O4Si/c1-5-30-26-19-13-12-18-25(26)27(22-29)31-20-21-32-33(28(2,3)4,23-14-8-6-9-15-23)24-16-10-7-11-17-24/h6-19,27,29H,5,20-22H2,1-4H3/t27-/m0/s1. The molecule has 0 amide bonds. The average Bonchev–Trinajstić information content (AvgIpc) is 2.83. The van der Waals surface area contributed by atoms with E-state index in [0.29, 0.717) is 19.8 Å². The molecule has 0 unspecified atom stereocenters. The van der Waals surface area contributed by atoms with Gasteiger partial charge in [0.2, 0.25) is 0 Å². The smallest absolute Gasteiger partial charge is 0.261 e. The van der Waals surface area contributed by atoms with Crippen LogP contribution in [0.2, 0.25) is 5.04 Å². The van der Waals surface area contributed by atoms with E-state index < -0.39 is 14.4 Å². The van der Waals surface area contributed by atoms with Gasteiger partial charge in [0, 0.05) is 5.56 Å². The number of ether oxygens (including phenoxy) is 2. The van der Waals surface area contributed by atoms with Crippen LogP contribution in [0, 0.1) is 0 Å². The van der Waals surface area contributed by atoms with Gasteiger partial charge in [0.1, 0.15) is 11.9 Å². The maximum Gasteiger partial charge on any atom is 0.261 e. The van der Waals surface area contributed by atoms with E-state index >= 15 is 0 Å². The first-order valence-electron chi connectivity index (χ1n) is 11.6. The average molecular weight is 465 g/mol. The monoisotopic (exact) mass is 464 g/mol. The lowest BCUT2D eigenvalue weighted by molar-refractivity contribution is -0.00382. The second-order valence-corrected chi connectivity index (χ2v) is 13.3. The van der Waals surface area contributed by atoms with Gasteiger partial charge in [-0.25, -0.2) is 0 Å². The van der Waals surface area contributed by atoms with E-state index in [9.17, 15) is 5.11 Å². The molecular weight excluding hydrogens is 428 g/mol. The van der Waals surface area contributed by atoms with Gasteiger partial charge in [-0.3, -0.25) is 0 Å². The molecule has 1 N–H and O–H groups in total. The second-order valence-electron chi connectivity index (χ2n) is 9.02. The van der Waals surface area contributed by atoms with E-state index in [-0.39, 0.29) is 11.6 Å². The second kappa shape index (κ2) is 11.6. The molecule has 3 aromatic rings. The highest BCUT2D eigenvalue weighted by atomic mass is 28.4. The largest absolute Gasteiger partial charge is 0.493 e. The Balaban J connectivity index is 1.82. The minimum atomic E-state index is -2.60. The Morgan fingerprint density at radius 2 is 1.33 bits per heavy atom. The summed E-state index contributed by atoms with van der Waals surface area (Å²) < 4.78 is 18.7. The number of aliphatic hydroxyl groups is 1. The van der Waals surface area contributed by atoms with Gasteiger partial charge < -0.3 is 19.0 Å². The molecule has 176 valence electrons. The van der Waals surface area contributed by atoms with Crippen molar-refractivity contribution in [2.75, 3.05) is 26.4 Å². The molecule has 0 heterocycles. The molecule has 4 nitrogen and oxygen atoms in total. The van der Waals surface area contributed by atoms with Gasteiger partial charge in [0.15, 0.2) is 0 Å². The molecule has 3 aromatic carbocycles. The van der Waals surface area contributed by atoms with Crippen molar-refractivity contribution in [3.8, 4) is 5.75 Å². The third-order valence-electron chi connectivity index (χ3n) is 5.87. The number of hydrogen-bond acceptors (Lipinski definition) is 4. The molecular formula is C28H36O4Si. The molecule has 0 fully saturated rings. The molecule has 3 rings (SSSR count). The van der Waals surface area contributed by atoms with Crippen molar-refractivity contribution in [2.45, 2.75) is 38.8 Å². The summed E-state index contributed by atoms with van der Waals surface area (Å²) in [5, 5.41) is 12.4. The maximum absolute atomic E-state index is 10.0. The molecule has 33 heavy (non-hydrogen) atoms. The lowest BCUT2D eigenvalue weighted by atomic mass is 10.1. The lowest BCUT2D eigenvalue weighted by Crippen LogP contribution is -2.66. The van der Waals surface area contributed by atoms with E-state index in [1.807, 2.05) is 43.3 Å². The van der Waals surface area contributed by atoms with Crippen LogP contribution in [0.25, 0.3) is 0 Å². The van der Waals surface area contributed by atoms with Crippen molar-refractivity contribution in [1.29, 1.82) is 0 Å². The Kier molecular flexibility index (Phi) is 8.86. The quantitative estimate of drug-likeness (QED) is 0.330. The molecule has 1 atom stereocenters. The molecule has 0 aliphatic carbocycles. The molecule has 5 heteroatoms. The summed E-state index contributed by atoms with van der Waals surface area (Å²) >= 11 is 0. The molecule has 0 radical (unpaired) electrons. The zero-order valence-corrected chi connectivity index (χ0v) is 21.2. The van der Waals surface area contributed by atoms with Gasteiger partial charge >= 0.3 is 0 Å². The summed E-state index contributed by atoms with van der Waals surface area (Å²) in [6.45, 7) is 9.97. The lowest BCUT2D eigenvalue weighted by Gasteiger charge is -2.43. The van der Waals surface area contributed by atoms with Gasteiger partial charge in [-0.15, -0.1) is 0 Å². The minimum Gasteiger partial charge on any atom is -0.493 e. The molecule has 0 bridgehead atoms. The van der Waals surface area contributed by atoms with Gasteiger partial charge in [0.25, 0.3) is 8.32 Å². The van der Waals surface area contributed by atoms with Crippen LogP contribution in [0.4, 0.5) is 0 Å². The van der Waals surface area contributed by atoms with Crippen molar-refractivity contribution in [3.63, 3.8) is 0 Å². The van der Waals surface area contributed by atoms with Gasteiger partial charge in [0.05, 0.1) is 26.4 Å². The molecule has 0 saturated heterocycles. The van der Waals surface area contributed by atoms with Crippen molar-refractivity contribution >= 4 is 18.7 Å². The third-order valence-corrected chi connectivity index (χ3v) is 10.9. The van der Waals surface area contributed by atoms with Crippen LogP contribution in [0.15, 0.2) is 84.9 Å². The van der Waals surface area contributed by atoms with Crippen LogP contribution in [0.1, 0.15) is 39.4 Å². The van der Waals surface area contributed by atoms with Crippen LogP contribution >= 0.6 is 0 Å². The van der Waals surface area contributed by atoms with Crippen LogP contribution in [0.3, 0.4) is 0 Å². The van der Waals surface area contributed by atoms with Crippen molar-refractivity contribution in [2.24, 2.45) is 0 Å². The van der Waals surface area contributed by atoms with Crippen LogP contribution in [0.5, 0.6) is 5.75 Å². The van der Waals surface area contributed by atoms with Crippen LogP contribution < -0.4 is 15.1 Å². The van der Waals surface area contributed by atoms with Crippen molar-refractivity contribution < 1.29 is 19.0 Å². The highest BCUT2D eigenvalue weighted by Gasteiger charge is 2.50. The zero-order valence-electron chi connectivity index (χ0n) is 20.2. The first-order valence-corrected chi connectivity index (χ1v) is 13.5. The van der Waals surface area contributed by atoms with E-state index in [1.54, 1.807) is 0 Å². The highest BCUT2D eigenvalue weighted by Crippen LogP contribution is 2.36. The zero-order chi connectivity index (χ0) is 23.7. The predicted octanol–water partition coefficient (Wildman–Crippen LogP) is 4.71. The fourth-order valence-electron chi connectivity index (χ4n) is 4.42. The highest BCUT2D eigenvalue weighted by molar-refractivity contribution is 6.99. The first-order chi connectivity index (χ1) is 15.9. The third kappa shape index (κ3) is 5.74. The Hall–Kier alpha value is -2.44. The summed E-state index contributed by atoms with van der Waals surface area (Å²) in [5.41, 5.74) is 0.854. The van der Waals surface area contributed by atoms with Crippen LogP contribution in [-0.2, 0) is 9.16 Å². The number of aliphatic hydroxyl groups excluding tert-OH is 1. The number of rotatable bonds is 11. The normalized spacial score (nSPS) is 13.0. The summed E-state index contributed by atoms with van der Waals surface area (Å²) in [6, 6.07) is 28.8. The van der Waals surface area contributed by atoms with Gasteiger partial charge in [-0.05, 0) is 28.4 Å². The van der Waals surface area contributed by atoms with Gasteiger partial charge in [-0.2, -0.15) is 0 Å². The summed E-state index contributed by atoms with van der Waals surface area (Å²) in [7, 11) is -2.60. The SMILES string of the molecule is CCOc1ccccc1[C@H](CO)OCCO[Si](c1ccccc1)(c1ccccc1)C(C)(C)C. The minimum absolute atomic E-state index is 0.0896. The van der Waals surface area contributed by atoms with E-state index in [1.165, 1.54) is 10.4 Å². The van der Waals surface area contributed by atoms with E-state index in [4.69, 9.17) is 13.9 Å². The Morgan fingerprint density at radius 3 is 1.85 bits per heavy atom. The molecule has 0 aliphatic heterocycles. The maximum atomic E-state index is 10.0. The van der Waals surface area contributed by atoms with E-state index in [0.717, 1.165) is 11.3 Å². The topological polar surface area (TPSA) is 47.9 Å². The first kappa shape index (κ1) is 25.2. The molecule has 0 aliphatic rings. The number of hydrogen-bond donors (Lipinski definition) is 1. The number of benzene rings is 3. The van der Waals surface area contributed by atoms with Gasteiger partial charge in [-0.1, -0.05) is 99.6 Å². The molecule has 0 saturated carbocycles. The molecule has 0 aromatic heterocycles. The van der Waals surface area contributed by atoms with Crippen molar-refractivity contribution in [3.05, 3.63) is 90.5 Å². The predicted molar refractivity (Wildman–Crippen MR) is 137 cm³/mol. The van der Waals surface area contributed by atoms with Crippen LogP contribution in [-0.4, -0.2) is 39.9 Å². The molecule has 0 spiro atoms. The Morgan fingerprint density at radius 1 is 0.788 bits per heavy atom. The summed E-state index contributed by atoms with van der Waals surface area (Å²) in [6.07, 6.45) is -0.462. The Labute approximate surface area is 199 Å². The van der Waals surface area contributed by atoms with Crippen molar-refractivity contribution in [1.82, 2.24) is 0 Å². The fraction of sp³-hybridized carbons (Fsp3) is 0.357. The summed E-state index contributed by atoms with van der Waals surface area (Å²) in [4.78, 5) is 0. The fourth-order valence-corrected chi connectivity index (χ4v) is 8.97.